The molecule has 0 spiro atoms. The van der Waals surface area contributed by atoms with E-state index >= 15 is 0 Å². The summed E-state index contributed by atoms with van der Waals surface area (Å²) in [5, 5.41) is 3.27. The number of halogens is 1. The van der Waals surface area contributed by atoms with Crippen molar-refractivity contribution in [3.63, 3.8) is 0 Å². The molecule has 0 radical (unpaired) electrons. The zero-order valence-corrected chi connectivity index (χ0v) is 20.5. The molecule has 1 atom stereocenters. The third-order valence-electron chi connectivity index (χ3n) is 6.31. The lowest BCUT2D eigenvalue weighted by atomic mass is 9.94. The fourth-order valence-corrected chi connectivity index (χ4v) is 4.64. The van der Waals surface area contributed by atoms with Gasteiger partial charge in [0.1, 0.15) is 5.75 Å². The molecule has 6 heteroatoms. The van der Waals surface area contributed by atoms with Gasteiger partial charge in [-0.05, 0) is 68.2 Å². The molecule has 1 fully saturated rings. The van der Waals surface area contributed by atoms with Gasteiger partial charge in [0, 0.05) is 28.7 Å². The van der Waals surface area contributed by atoms with Gasteiger partial charge in [0.2, 0.25) is 5.91 Å². The highest BCUT2D eigenvalue weighted by Crippen LogP contribution is 2.30. The molecule has 0 aliphatic carbocycles. The zero-order valence-electron chi connectivity index (χ0n) is 18.9. The molecular formula is C27H30BrN3O2. The molecule has 2 heterocycles. The molecule has 4 rings (SSSR count). The number of pyridine rings is 1. The van der Waals surface area contributed by atoms with Gasteiger partial charge in [-0.25, -0.2) is 0 Å². The summed E-state index contributed by atoms with van der Waals surface area (Å²) in [6.07, 6.45) is 4.52. The van der Waals surface area contributed by atoms with Crippen LogP contribution in [0.5, 0.6) is 5.75 Å². The lowest BCUT2D eigenvalue weighted by Crippen LogP contribution is -2.42. The predicted molar refractivity (Wildman–Crippen MR) is 134 cm³/mol. The Bertz CT molecular complexity index is 1030. The standard InChI is InChI=1S/C27H30BrN3O2/c1-33-25-8-3-2-6-23(25)26(24-7-4-5-16-29-24)30-27(32)21-14-18-31(19-15-21)17-13-20-9-11-22(28)12-10-20/h2-12,16,21,26H,13-15,17-19H2,1H3,(H,30,32). The molecule has 1 unspecified atom stereocenters. The van der Waals surface area contributed by atoms with E-state index in [-0.39, 0.29) is 17.9 Å². The van der Waals surface area contributed by atoms with Crippen LogP contribution in [0.1, 0.15) is 35.7 Å². The van der Waals surface area contributed by atoms with Crippen LogP contribution in [0.3, 0.4) is 0 Å². The first-order valence-corrected chi connectivity index (χ1v) is 12.2. The first-order chi connectivity index (χ1) is 16.1. The number of rotatable bonds is 8. The van der Waals surface area contributed by atoms with Crippen molar-refractivity contribution in [3.05, 3.63) is 94.2 Å². The molecule has 0 bridgehead atoms. The Kier molecular flexibility index (Phi) is 8.13. The lowest BCUT2D eigenvalue weighted by molar-refractivity contribution is -0.127. The molecule has 1 saturated heterocycles. The molecule has 172 valence electrons. The van der Waals surface area contributed by atoms with E-state index in [2.05, 4.69) is 55.4 Å². The smallest absolute Gasteiger partial charge is 0.224 e. The molecule has 33 heavy (non-hydrogen) atoms. The molecule has 1 N–H and O–H groups in total. The van der Waals surface area contributed by atoms with Crippen LogP contribution in [0.2, 0.25) is 0 Å². The summed E-state index contributed by atoms with van der Waals surface area (Å²) in [5.41, 5.74) is 3.06. The van der Waals surface area contributed by atoms with Gasteiger partial charge in [-0.1, -0.05) is 52.3 Å². The number of piperidine rings is 1. The van der Waals surface area contributed by atoms with Crippen LogP contribution in [0.25, 0.3) is 0 Å². The van der Waals surface area contributed by atoms with Gasteiger partial charge in [0.05, 0.1) is 18.8 Å². The molecule has 2 aromatic carbocycles. The van der Waals surface area contributed by atoms with E-state index in [9.17, 15) is 4.79 Å². The quantitative estimate of drug-likeness (QED) is 0.465. The van der Waals surface area contributed by atoms with E-state index in [1.165, 1.54) is 5.56 Å². The van der Waals surface area contributed by atoms with Crippen LogP contribution < -0.4 is 10.1 Å². The summed E-state index contributed by atoms with van der Waals surface area (Å²) >= 11 is 3.49. The highest BCUT2D eigenvalue weighted by atomic mass is 79.9. The van der Waals surface area contributed by atoms with Crippen molar-refractivity contribution < 1.29 is 9.53 Å². The number of para-hydroxylation sites is 1. The molecule has 3 aromatic rings. The summed E-state index contributed by atoms with van der Waals surface area (Å²) in [5.74, 6) is 0.843. The van der Waals surface area contributed by atoms with Crippen molar-refractivity contribution in [2.45, 2.75) is 25.3 Å². The van der Waals surface area contributed by atoms with Crippen LogP contribution in [-0.4, -0.2) is 42.5 Å². The number of hydrogen-bond donors (Lipinski definition) is 1. The number of amides is 1. The topological polar surface area (TPSA) is 54.5 Å². The number of ether oxygens (including phenoxy) is 1. The largest absolute Gasteiger partial charge is 0.496 e. The maximum Gasteiger partial charge on any atom is 0.224 e. The number of aromatic nitrogens is 1. The normalized spacial score (nSPS) is 15.7. The highest BCUT2D eigenvalue weighted by Gasteiger charge is 2.28. The van der Waals surface area contributed by atoms with Crippen molar-refractivity contribution in [1.29, 1.82) is 0 Å². The second kappa shape index (κ2) is 11.4. The first-order valence-electron chi connectivity index (χ1n) is 11.4. The number of carbonyl (C=O) groups is 1. The lowest BCUT2D eigenvalue weighted by Gasteiger charge is -2.32. The minimum Gasteiger partial charge on any atom is -0.496 e. The molecule has 1 amide bonds. The fraction of sp³-hybridized carbons (Fsp3) is 0.333. The van der Waals surface area contributed by atoms with Crippen molar-refractivity contribution in [2.75, 3.05) is 26.7 Å². The Balaban J connectivity index is 1.37. The summed E-state index contributed by atoms with van der Waals surface area (Å²) in [4.78, 5) is 20.2. The highest BCUT2D eigenvalue weighted by molar-refractivity contribution is 9.10. The van der Waals surface area contributed by atoms with Crippen molar-refractivity contribution in [1.82, 2.24) is 15.2 Å². The van der Waals surface area contributed by atoms with Crippen molar-refractivity contribution >= 4 is 21.8 Å². The van der Waals surface area contributed by atoms with E-state index in [1.54, 1.807) is 13.3 Å². The predicted octanol–water partition coefficient (Wildman–Crippen LogP) is 5.01. The van der Waals surface area contributed by atoms with E-state index in [0.29, 0.717) is 0 Å². The van der Waals surface area contributed by atoms with E-state index in [0.717, 1.165) is 60.4 Å². The molecule has 1 aliphatic heterocycles. The minimum atomic E-state index is -0.342. The maximum atomic E-state index is 13.3. The van der Waals surface area contributed by atoms with E-state index < -0.39 is 0 Å². The second-order valence-electron chi connectivity index (χ2n) is 8.43. The van der Waals surface area contributed by atoms with E-state index in [4.69, 9.17) is 4.74 Å². The van der Waals surface area contributed by atoms with Crippen molar-refractivity contribution in [3.8, 4) is 5.75 Å². The molecule has 0 saturated carbocycles. The average Bonchev–Trinajstić information content (AvgIpc) is 2.87. The first kappa shape index (κ1) is 23.5. The third kappa shape index (κ3) is 6.21. The van der Waals surface area contributed by atoms with Gasteiger partial charge in [-0.2, -0.15) is 0 Å². The van der Waals surface area contributed by atoms with Crippen LogP contribution in [0, 0.1) is 5.92 Å². The Morgan fingerprint density at radius 2 is 1.82 bits per heavy atom. The Morgan fingerprint density at radius 3 is 2.52 bits per heavy atom. The van der Waals surface area contributed by atoms with Gasteiger partial charge in [-0.15, -0.1) is 0 Å². The van der Waals surface area contributed by atoms with Gasteiger partial charge < -0.3 is 15.0 Å². The number of benzene rings is 2. The van der Waals surface area contributed by atoms with Gasteiger partial charge in [0.15, 0.2) is 0 Å². The maximum absolute atomic E-state index is 13.3. The van der Waals surface area contributed by atoms with Crippen LogP contribution in [0.4, 0.5) is 0 Å². The molecule has 1 aliphatic rings. The second-order valence-corrected chi connectivity index (χ2v) is 9.35. The molecular weight excluding hydrogens is 478 g/mol. The van der Waals surface area contributed by atoms with Crippen LogP contribution in [-0.2, 0) is 11.2 Å². The summed E-state index contributed by atoms with van der Waals surface area (Å²) < 4.78 is 6.68. The Morgan fingerprint density at radius 1 is 1.09 bits per heavy atom. The van der Waals surface area contributed by atoms with Crippen molar-refractivity contribution in [2.24, 2.45) is 5.92 Å². The Hall–Kier alpha value is -2.70. The number of carbonyl (C=O) groups excluding carboxylic acids is 1. The number of nitrogens with one attached hydrogen (secondary N) is 1. The van der Waals surface area contributed by atoms with Gasteiger partial charge >= 0.3 is 0 Å². The fourth-order valence-electron chi connectivity index (χ4n) is 4.38. The third-order valence-corrected chi connectivity index (χ3v) is 6.84. The monoisotopic (exact) mass is 507 g/mol. The zero-order chi connectivity index (χ0) is 23.0. The summed E-state index contributed by atoms with van der Waals surface area (Å²) in [6.45, 7) is 2.91. The summed E-state index contributed by atoms with van der Waals surface area (Å²) in [6, 6.07) is 21.7. The number of methoxy groups -OCH3 is 1. The Labute approximate surface area is 204 Å². The average molecular weight is 508 g/mol. The van der Waals surface area contributed by atoms with Crippen LogP contribution in [0.15, 0.2) is 77.4 Å². The SMILES string of the molecule is COc1ccccc1C(NC(=O)C1CCN(CCc2ccc(Br)cc2)CC1)c1ccccn1. The van der Waals surface area contributed by atoms with Gasteiger partial charge in [0.25, 0.3) is 0 Å². The molecule has 5 nitrogen and oxygen atoms in total. The number of nitrogens with zero attached hydrogens (tertiary/aromatic N) is 2. The number of hydrogen-bond acceptors (Lipinski definition) is 4. The minimum absolute atomic E-state index is 0.00912. The van der Waals surface area contributed by atoms with Crippen LogP contribution >= 0.6 is 15.9 Å². The summed E-state index contributed by atoms with van der Waals surface area (Å²) in [7, 11) is 1.65. The molecule has 1 aromatic heterocycles. The van der Waals surface area contributed by atoms with E-state index in [1.807, 2.05) is 42.5 Å². The van der Waals surface area contributed by atoms with Gasteiger partial charge in [-0.3, -0.25) is 9.78 Å². The number of likely N-dealkylation sites (tertiary alicyclic amines) is 1.